The van der Waals surface area contributed by atoms with Gasteiger partial charge in [0.25, 0.3) is 5.89 Å². The lowest BCUT2D eigenvalue weighted by Crippen LogP contribution is -2.46. The second-order valence-corrected chi connectivity index (χ2v) is 7.98. The van der Waals surface area contributed by atoms with Gasteiger partial charge >= 0.3 is 0 Å². The van der Waals surface area contributed by atoms with Crippen LogP contribution in [0.25, 0.3) is 17.0 Å². The van der Waals surface area contributed by atoms with Crippen LogP contribution >= 0.6 is 12.2 Å². The second kappa shape index (κ2) is 9.48. The molecule has 3 aromatic rings. The zero-order valence-electron chi connectivity index (χ0n) is 18.3. The zero-order chi connectivity index (χ0) is 22.7. The number of allylic oxidation sites excluding steroid dienone is 1. The number of hydrogen-bond donors (Lipinski definition) is 1. The molecule has 2 heterocycles. The monoisotopic (exact) mass is 452 g/mol. The third-order valence-corrected chi connectivity index (χ3v) is 5.88. The van der Waals surface area contributed by atoms with Crippen molar-refractivity contribution in [2.45, 2.75) is 32.7 Å². The Morgan fingerprint density at radius 2 is 1.88 bits per heavy atom. The molecule has 0 saturated carbocycles. The first-order valence-corrected chi connectivity index (χ1v) is 11.0. The van der Waals surface area contributed by atoms with Gasteiger partial charge in [0.05, 0.1) is 18.7 Å². The molecular formula is C24H25FN4O2S. The molecular weight excluding hydrogens is 427 g/mol. The van der Waals surface area contributed by atoms with Crippen LogP contribution in [0, 0.1) is 5.82 Å². The van der Waals surface area contributed by atoms with Gasteiger partial charge < -0.3 is 19.5 Å². The Kier molecular flexibility index (Phi) is 6.50. The molecule has 1 atom stereocenters. The number of nitrogens with one attached hydrogen (secondary N) is 1. The Hall–Kier alpha value is -3.26. The van der Waals surface area contributed by atoms with Crippen LogP contribution < -0.4 is 10.1 Å². The third kappa shape index (κ3) is 4.36. The van der Waals surface area contributed by atoms with E-state index in [9.17, 15) is 4.39 Å². The summed E-state index contributed by atoms with van der Waals surface area (Å²) in [6, 6.07) is 13.5. The SMILES string of the molecule is CCCCN1C(=S)NC(c2ccc(F)cc2)C(c2nc(-c3ccc(OC)cc3)no2)=C1C. The van der Waals surface area contributed by atoms with Gasteiger partial charge in [0, 0.05) is 17.8 Å². The topological polar surface area (TPSA) is 63.4 Å². The summed E-state index contributed by atoms with van der Waals surface area (Å²) >= 11 is 5.66. The first kappa shape index (κ1) is 22.0. The fourth-order valence-electron chi connectivity index (χ4n) is 3.74. The molecule has 32 heavy (non-hydrogen) atoms. The number of nitrogens with zero attached hydrogens (tertiary/aromatic N) is 3. The zero-order valence-corrected chi connectivity index (χ0v) is 19.1. The van der Waals surface area contributed by atoms with E-state index in [1.807, 2.05) is 31.2 Å². The number of aromatic nitrogens is 2. The number of methoxy groups -OCH3 is 1. The molecule has 1 unspecified atom stereocenters. The van der Waals surface area contributed by atoms with E-state index in [1.54, 1.807) is 19.2 Å². The Morgan fingerprint density at radius 1 is 1.16 bits per heavy atom. The summed E-state index contributed by atoms with van der Waals surface area (Å²) in [4.78, 5) is 6.74. The Bertz CT molecular complexity index is 1130. The van der Waals surface area contributed by atoms with E-state index in [0.717, 1.165) is 47.5 Å². The van der Waals surface area contributed by atoms with Gasteiger partial charge in [0.2, 0.25) is 5.82 Å². The molecule has 0 radical (unpaired) electrons. The van der Waals surface area contributed by atoms with E-state index < -0.39 is 0 Å². The number of unbranched alkanes of at least 4 members (excludes halogenated alkanes) is 1. The molecule has 8 heteroatoms. The summed E-state index contributed by atoms with van der Waals surface area (Å²) in [6.45, 7) is 4.93. The lowest BCUT2D eigenvalue weighted by molar-refractivity contribution is 0.395. The number of halogens is 1. The smallest absolute Gasteiger partial charge is 0.258 e. The van der Waals surface area contributed by atoms with Crippen molar-refractivity contribution in [1.82, 2.24) is 20.4 Å². The van der Waals surface area contributed by atoms with Gasteiger partial charge in [-0.05, 0) is 67.5 Å². The quantitative estimate of drug-likeness (QED) is 0.485. The van der Waals surface area contributed by atoms with Crippen LogP contribution in [0.5, 0.6) is 5.75 Å². The molecule has 0 bridgehead atoms. The van der Waals surface area contributed by atoms with Crippen molar-refractivity contribution in [1.29, 1.82) is 0 Å². The molecule has 0 spiro atoms. The Morgan fingerprint density at radius 3 is 2.53 bits per heavy atom. The van der Waals surface area contributed by atoms with Crippen molar-refractivity contribution in [2.24, 2.45) is 0 Å². The van der Waals surface area contributed by atoms with E-state index in [1.165, 1.54) is 12.1 Å². The minimum absolute atomic E-state index is 0.293. The molecule has 4 rings (SSSR count). The first-order valence-electron chi connectivity index (χ1n) is 10.5. The molecule has 1 aliphatic heterocycles. The summed E-state index contributed by atoms with van der Waals surface area (Å²) < 4.78 is 24.5. The average Bonchev–Trinajstić information content (AvgIpc) is 3.29. The van der Waals surface area contributed by atoms with Gasteiger partial charge in [0.15, 0.2) is 5.11 Å². The summed E-state index contributed by atoms with van der Waals surface area (Å²) in [5, 5.41) is 8.22. The molecule has 6 nitrogen and oxygen atoms in total. The van der Waals surface area contributed by atoms with Crippen molar-refractivity contribution in [3.05, 3.63) is 71.5 Å². The lowest BCUT2D eigenvalue weighted by atomic mass is 9.94. The van der Waals surface area contributed by atoms with Crippen LogP contribution in [0.15, 0.2) is 58.8 Å². The van der Waals surface area contributed by atoms with E-state index in [-0.39, 0.29) is 11.9 Å². The summed E-state index contributed by atoms with van der Waals surface area (Å²) in [5.74, 6) is 1.34. The molecule has 1 aliphatic rings. The molecule has 0 amide bonds. The molecule has 1 aromatic heterocycles. The van der Waals surface area contributed by atoms with E-state index in [4.69, 9.17) is 21.5 Å². The van der Waals surface area contributed by atoms with Gasteiger partial charge in [-0.2, -0.15) is 4.98 Å². The molecule has 2 aromatic carbocycles. The molecule has 0 fully saturated rings. The van der Waals surface area contributed by atoms with E-state index in [2.05, 4.69) is 27.3 Å². The third-order valence-electron chi connectivity index (χ3n) is 5.54. The normalized spacial score (nSPS) is 16.3. The molecule has 1 N–H and O–H groups in total. The highest BCUT2D eigenvalue weighted by molar-refractivity contribution is 7.80. The highest BCUT2D eigenvalue weighted by Crippen LogP contribution is 2.37. The predicted octanol–water partition coefficient (Wildman–Crippen LogP) is 5.35. The highest BCUT2D eigenvalue weighted by atomic mass is 32.1. The maximum atomic E-state index is 13.6. The number of benzene rings is 2. The lowest BCUT2D eigenvalue weighted by Gasteiger charge is -2.37. The minimum Gasteiger partial charge on any atom is -0.497 e. The standard InChI is InChI=1S/C24H25FN4O2S/c1-4-5-14-29-15(2)20(21(26-24(29)32)16-6-10-18(25)11-7-16)23-27-22(28-31-23)17-8-12-19(30-3)13-9-17/h6-13,21H,4-5,14H2,1-3H3,(H,26,32). The largest absolute Gasteiger partial charge is 0.497 e. The second-order valence-electron chi connectivity index (χ2n) is 7.59. The average molecular weight is 453 g/mol. The van der Waals surface area contributed by atoms with Crippen molar-refractivity contribution in [3.63, 3.8) is 0 Å². The number of thiocarbonyl (C=S) groups is 1. The maximum absolute atomic E-state index is 13.6. The van der Waals surface area contributed by atoms with Crippen LogP contribution in [-0.2, 0) is 0 Å². The number of rotatable bonds is 7. The van der Waals surface area contributed by atoms with Gasteiger partial charge in [0.1, 0.15) is 11.6 Å². The fourth-order valence-corrected chi connectivity index (χ4v) is 4.09. The van der Waals surface area contributed by atoms with Gasteiger partial charge in [-0.15, -0.1) is 0 Å². The molecule has 166 valence electrons. The summed E-state index contributed by atoms with van der Waals surface area (Å²) in [6.07, 6.45) is 2.04. The van der Waals surface area contributed by atoms with Crippen molar-refractivity contribution in [3.8, 4) is 17.1 Å². The molecule has 0 aliphatic carbocycles. The fraction of sp³-hybridized carbons (Fsp3) is 0.292. The van der Waals surface area contributed by atoms with Crippen LogP contribution in [0.2, 0.25) is 0 Å². The van der Waals surface area contributed by atoms with Crippen molar-refractivity contribution in [2.75, 3.05) is 13.7 Å². The van der Waals surface area contributed by atoms with Gasteiger partial charge in [-0.3, -0.25) is 0 Å². The maximum Gasteiger partial charge on any atom is 0.258 e. The van der Waals surface area contributed by atoms with Crippen LogP contribution in [0.4, 0.5) is 4.39 Å². The summed E-state index contributed by atoms with van der Waals surface area (Å²) in [5.41, 5.74) is 3.46. The Labute approximate surface area is 192 Å². The van der Waals surface area contributed by atoms with Crippen LogP contribution in [0.3, 0.4) is 0 Å². The van der Waals surface area contributed by atoms with Gasteiger partial charge in [-0.25, -0.2) is 4.39 Å². The molecule has 0 saturated heterocycles. The van der Waals surface area contributed by atoms with Crippen LogP contribution in [0.1, 0.15) is 44.2 Å². The summed E-state index contributed by atoms with van der Waals surface area (Å²) in [7, 11) is 1.62. The first-order chi connectivity index (χ1) is 15.5. The predicted molar refractivity (Wildman–Crippen MR) is 125 cm³/mol. The van der Waals surface area contributed by atoms with Crippen LogP contribution in [-0.4, -0.2) is 33.8 Å². The van der Waals surface area contributed by atoms with Crippen molar-refractivity contribution < 1.29 is 13.7 Å². The van der Waals surface area contributed by atoms with E-state index >= 15 is 0 Å². The number of ether oxygens (including phenoxy) is 1. The van der Waals surface area contributed by atoms with E-state index in [0.29, 0.717) is 16.8 Å². The minimum atomic E-state index is -0.329. The van der Waals surface area contributed by atoms with Crippen molar-refractivity contribution >= 4 is 22.9 Å². The van der Waals surface area contributed by atoms with Gasteiger partial charge in [-0.1, -0.05) is 30.6 Å². The Balaban J connectivity index is 1.76. The highest BCUT2D eigenvalue weighted by Gasteiger charge is 2.33. The number of hydrogen-bond acceptors (Lipinski definition) is 5.